The fraction of sp³-hybridized carbons (Fsp3) is 0.355. The second-order valence-corrected chi connectivity index (χ2v) is 13.8. The summed E-state index contributed by atoms with van der Waals surface area (Å²) in [7, 11) is -4.54. The predicted molar refractivity (Wildman–Crippen MR) is 167 cm³/mol. The maximum atomic E-state index is 14.0. The lowest BCUT2D eigenvalue weighted by Crippen LogP contribution is -2.53. The van der Waals surface area contributed by atoms with Gasteiger partial charge in [-0.1, -0.05) is 77.1 Å². The number of carbonyl (C=O) groups excluding carboxylic acids is 2. The van der Waals surface area contributed by atoms with Crippen LogP contribution in [-0.2, 0) is 32.3 Å². The van der Waals surface area contributed by atoms with Crippen molar-refractivity contribution in [1.82, 2.24) is 10.2 Å². The Morgan fingerprint density at radius 1 is 1.00 bits per heavy atom. The second kappa shape index (κ2) is 14.3. The SMILES string of the molecule is CC(C(=O)NC1CCCCC1)N(Cc1ccc(Br)cc1)C(=O)CN(c1ccc(Cl)c(C(F)(F)F)c1)S(=O)(=O)c1ccccc1. The summed E-state index contributed by atoms with van der Waals surface area (Å²) in [5, 5.41) is 2.39. The largest absolute Gasteiger partial charge is 0.417 e. The van der Waals surface area contributed by atoms with E-state index in [1.165, 1.54) is 29.2 Å². The molecule has 1 N–H and O–H groups in total. The topological polar surface area (TPSA) is 86.8 Å². The van der Waals surface area contributed by atoms with Crippen LogP contribution >= 0.6 is 27.5 Å². The molecule has 13 heteroatoms. The van der Waals surface area contributed by atoms with Gasteiger partial charge in [0.05, 0.1) is 21.2 Å². The zero-order chi connectivity index (χ0) is 32.1. The molecule has 1 aliphatic rings. The summed E-state index contributed by atoms with van der Waals surface area (Å²) in [4.78, 5) is 28.5. The second-order valence-electron chi connectivity index (χ2n) is 10.7. The summed E-state index contributed by atoms with van der Waals surface area (Å²) in [6.07, 6.45) is -0.190. The Labute approximate surface area is 268 Å². The van der Waals surface area contributed by atoms with Gasteiger partial charge in [-0.25, -0.2) is 8.42 Å². The average molecular weight is 715 g/mol. The number of sulfonamides is 1. The highest BCUT2D eigenvalue weighted by molar-refractivity contribution is 9.10. The molecule has 1 unspecified atom stereocenters. The maximum Gasteiger partial charge on any atom is 0.417 e. The molecule has 0 aromatic heterocycles. The number of nitrogens with one attached hydrogen (secondary N) is 1. The van der Waals surface area contributed by atoms with Gasteiger partial charge in [-0.15, -0.1) is 0 Å². The van der Waals surface area contributed by atoms with Crippen molar-refractivity contribution in [2.45, 2.75) is 68.7 Å². The third-order valence-electron chi connectivity index (χ3n) is 7.54. The fourth-order valence-electron chi connectivity index (χ4n) is 5.07. The van der Waals surface area contributed by atoms with E-state index in [1.54, 1.807) is 37.3 Å². The van der Waals surface area contributed by atoms with Crippen LogP contribution in [0.15, 0.2) is 82.2 Å². The average Bonchev–Trinajstić information content (AvgIpc) is 2.99. The van der Waals surface area contributed by atoms with Gasteiger partial charge in [0.15, 0.2) is 0 Å². The molecular weight excluding hydrogens is 683 g/mol. The highest BCUT2D eigenvalue weighted by Crippen LogP contribution is 2.38. The Kier molecular flexibility index (Phi) is 11.0. The smallest absolute Gasteiger partial charge is 0.352 e. The van der Waals surface area contributed by atoms with Crippen molar-refractivity contribution in [3.8, 4) is 0 Å². The summed E-state index contributed by atoms with van der Waals surface area (Å²) in [5.41, 5.74) is -0.978. The molecule has 0 heterocycles. The maximum absolute atomic E-state index is 14.0. The lowest BCUT2D eigenvalue weighted by atomic mass is 9.95. The van der Waals surface area contributed by atoms with E-state index in [9.17, 15) is 31.2 Å². The fourth-order valence-corrected chi connectivity index (χ4v) is 6.99. The van der Waals surface area contributed by atoms with E-state index in [0.29, 0.717) is 15.9 Å². The number of anilines is 1. The van der Waals surface area contributed by atoms with E-state index in [0.717, 1.165) is 48.7 Å². The molecule has 236 valence electrons. The van der Waals surface area contributed by atoms with Crippen LogP contribution in [0.2, 0.25) is 5.02 Å². The van der Waals surface area contributed by atoms with Gasteiger partial charge in [0.1, 0.15) is 12.6 Å². The molecule has 0 spiro atoms. The van der Waals surface area contributed by atoms with E-state index in [-0.39, 0.29) is 17.5 Å². The van der Waals surface area contributed by atoms with Crippen molar-refractivity contribution in [1.29, 1.82) is 0 Å². The van der Waals surface area contributed by atoms with Gasteiger partial charge in [-0.05, 0) is 67.8 Å². The lowest BCUT2D eigenvalue weighted by molar-refractivity contribution is -0.139. The Hall–Kier alpha value is -3.09. The van der Waals surface area contributed by atoms with E-state index in [1.807, 2.05) is 0 Å². The molecule has 0 bridgehead atoms. The Morgan fingerprint density at radius 3 is 2.25 bits per heavy atom. The Bertz CT molecular complexity index is 1570. The molecule has 44 heavy (non-hydrogen) atoms. The van der Waals surface area contributed by atoms with E-state index < -0.39 is 56.9 Å². The molecular formula is C31H32BrClF3N3O4S. The van der Waals surface area contributed by atoms with Crippen LogP contribution in [0.3, 0.4) is 0 Å². The number of nitrogens with zero attached hydrogens (tertiary/aromatic N) is 2. The molecule has 3 aromatic rings. The summed E-state index contributed by atoms with van der Waals surface area (Å²) >= 11 is 9.19. The van der Waals surface area contributed by atoms with Crippen molar-refractivity contribution in [3.63, 3.8) is 0 Å². The van der Waals surface area contributed by atoms with Crippen LogP contribution in [0.5, 0.6) is 0 Å². The number of rotatable bonds is 10. The first-order valence-electron chi connectivity index (χ1n) is 14.1. The van der Waals surface area contributed by atoms with Crippen molar-refractivity contribution in [2.75, 3.05) is 10.8 Å². The zero-order valence-corrected chi connectivity index (χ0v) is 27.0. The van der Waals surface area contributed by atoms with Crippen molar-refractivity contribution >= 4 is 55.1 Å². The number of carbonyl (C=O) groups is 2. The summed E-state index contributed by atoms with van der Waals surface area (Å²) < 4.78 is 70.5. The zero-order valence-electron chi connectivity index (χ0n) is 23.9. The van der Waals surface area contributed by atoms with Crippen LogP contribution in [0, 0.1) is 0 Å². The van der Waals surface area contributed by atoms with Gasteiger partial charge in [-0.3, -0.25) is 13.9 Å². The predicted octanol–water partition coefficient (Wildman–Crippen LogP) is 7.18. The number of amides is 2. The summed E-state index contributed by atoms with van der Waals surface area (Å²) in [6, 6.07) is 15.7. The van der Waals surface area contributed by atoms with Crippen molar-refractivity contribution in [3.05, 3.63) is 93.4 Å². The lowest BCUT2D eigenvalue weighted by Gasteiger charge is -2.33. The molecule has 1 fully saturated rings. The molecule has 2 amide bonds. The van der Waals surface area contributed by atoms with E-state index in [2.05, 4.69) is 21.2 Å². The molecule has 0 aliphatic heterocycles. The standard InChI is InChI=1S/C31H32BrClF3N3O4S/c1-21(30(41)37-24-8-4-2-5-9-24)38(19-22-12-14-23(32)15-13-22)29(40)20-39(44(42,43)26-10-6-3-7-11-26)25-16-17-28(33)27(18-25)31(34,35)36/h3,6-7,10-18,21,24H,2,4-5,8-9,19-20H2,1H3,(H,37,41). The van der Waals surface area contributed by atoms with E-state index >= 15 is 0 Å². The van der Waals surface area contributed by atoms with Gasteiger partial charge >= 0.3 is 6.18 Å². The molecule has 1 atom stereocenters. The van der Waals surface area contributed by atoms with Gasteiger partial charge in [-0.2, -0.15) is 13.2 Å². The third-order valence-corrected chi connectivity index (χ3v) is 10.2. The van der Waals surface area contributed by atoms with Gasteiger partial charge in [0.2, 0.25) is 11.8 Å². The van der Waals surface area contributed by atoms with Crippen LogP contribution < -0.4 is 9.62 Å². The highest BCUT2D eigenvalue weighted by Gasteiger charge is 2.37. The third kappa shape index (κ3) is 8.33. The Morgan fingerprint density at radius 2 is 1.64 bits per heavy atom. The number of benzene rings is 3. The van der Waals surface area contributed by atoms with Crippen LogP contribution in [-0.4, -0.2) is 43.8 Å². The Balaban J connectivity index is 1.73. The first-order valence-corrected chi connectivity index (χ1v) is 16.7. The van der Waals surface area contributed by atoms with Crippen molar-refractivity contribution in [2.24, 2.45) is 0 Å². The highest BCUT2D eigenvalue weighted by atomic mass is 79.9. The van der Waals surface area contributed by atoms with Crippen molar-refractivity contribution < 1.29 is 31.2 Å². The first kappa shape index (κ1) is 33.8. The minimum absolute atomic E-state index is 0.0341. The molecule has 0 radical (unpaired) electrons. The first-order chi connectivity index (χ1) is 20.8. The molecule has 1 aliphatic carbocycles. The summed E-state index contributed by atoms with van der Waals surface area (Å²) in [5.74, 6) is -1.17. The number of alkyl halides is 3. The number of halogens is 5. The van der Waals surface area contributed by atoms with Crippen LogP contribution in [0.1, 0.15) is 50.2 Å². The molecule has 0 saturated heterocycles. The molecule has 4 rings (SSSR count). The number of hydrogen-bond donors (Lipinski definition) is 1. The molecule has 7 nitrogen and oxygen atoms in total. The van der Waals surface area contributed by atoms with Crippen LogP contribution in [0.4, 0.5) is 18.9 Å². The van der Waals surface area contributed by atoms with Gasteiger partial charge in [0, 0.05) is 17.1 Å². The monoisotopic (exact) mass is 713 g/mol. The normalized spacial score (nSPS) is 15.0. The number of hydrogen-bond acceptors (Lipinski definition) is 4. The van der Waals surface area contributed by atoms with Crippen LogP contribution in [0.25, 0.3) is 0 Å². The molecule has 3 aromatic carbocycles. The van der Waals surface area contributed by atoms with Gasteiger partial charge < -0.3 is 10.2 Å². The minimum Gasteiger partial charge on any atom is -0.352 e. The molecule has 1 saturated carbocycles. The quantitative estimate of drug-likeness (QED) is 0.241. The van der Waals surface area contributed by atoms with E-state index in [4.69, 9.17) is 11.6 Å². The minimum atomic E-state index is -4.88. The van der Waals surface area contributed by atoms with Gasteiger partial charge in [0.25, 0.3) is 10.0 Å². The summed E-state index contributed by atoms with van der Waals surface area (Å²) in [6.45, 7) is 0.641.